The topological polar surface area (TPSA) is 91.8 Å². The number of hydrogen-bond donors (Lipinski definition) is 1. The lowest BCUT2D eigenvalue weighted by atomic mass is 9.85. The van der Waals surface area contributed by atoms with Crippen LogP contribution in [0.4, 0.5) is 4.79 Å². The van der Waals surface area contributed by atoms with Crippen molar-refractivity contribution in [2.75, 3.05) is 19.6 Å². The molecule has 4 atom stereocenters. The summed E-state index contributed by atoms with van der Waals surface area (Å²) < 4.78 is 18.7. The number of ether oxygens (including phenoxy) is 3. The van der Waals surface area contributed by atoms with Crippen LogP contribution < -0.4 is 0 Å². The summed E-state index contributed by atoms with van der Waals surface area (Å²) >= 11 is 0. The van der Waals surface area contributed by atoms with E-state index < -0.39 is 35.9 Å². The predicted octanol–water partition coefficient (Wildman–Crippen LogP) is 3.65. The third-order valence-electron chi connectivity index (χ3n) is 9.70. The molecule has 1 N–H and O–H groups in total. The summed E-state index contributed by atoms with van der Waals surface area (Å²) in [6.07, 6.45) is 3.90. The van der Waals surface area contributed by atoms with Crippen molar-refractivity contribution in [3.8, 4) is 0 Å². The smallest absolute Gasteiger partial charge is 0.328 e. The molecule has 0 unspecified atom stereocenters. The molecule has 5 fully saturated rings. The van der Waals surface area contributed by atoms with Crippen LogP contribution in [-0.2, 0) is 32.1 Å². The van der Waals surface area contributed by atoms with E-state index >= 15 is 0 Å². The van der Waals surface area contributed by atoms with Gasteiger partial charge in [-0.3, -0.25) is 9.69 Å². The quantitative estimate of drug-likeness (QED) is 0.539. The van der Waals surface area contributed by atoms with Gasteiger partial charge in [-0.15, -0.1) is 0 Å². The van der Waals surface area contributed by atoms with Crippen molar-refractivity contribution >= 4 is 11.9 Å². The molecule has 2 spiro atoms. The fraction of sp³-hybridized carbons (Fsp3) is 0.562. The molecule has 4 aliphatic heterocycles. The Morgan fingerprint density at radius 3 is 2.07 bits per heavy atom. The largest absolute Gasteiger partial charge is 0.387 e. The number of benzene rings is 2. The number of piperidine rings is 1. The van der Waals surface area contributed by atoms with Crippen LogP contribution in [0.3, 0.4) is 0 Å². The van der Waals surface area contributed by atoms with Gasteiger partial charge >= 0.3 is 6.03 Å². The van der Waals surface area contributed by atoms with Crippen molar-refractivity contribution in [3.05, 3.63) is 71.8 Å². The lowest BCUT2D eigenvalue weighted by Gasteiger charge is -2.43. The van der Waals surface area contributed by atoms with Gasteiger partial charge < -0.3 is 29.1 Å². The van der Waals surface area contributed by atoms with Crippen LogP contribution in [-0.4, -0.2) is 87.3 Å². The number of likely N-dealkylation sites (tertiary alicyclic amines) is 1. The monoisotopic (exact) mass is 561 g/mol. The molecule has 1 saturated carbocycles. The summed E-state index contributed by atoms with van der Waals surface area (Å²) in [6, 6.07) is 19.3. The van der Waals surface area contributed by atoms with Crippen molar-refractivity contribution < 1.29 is 28.9 Å². The van der Waals surface area contributed by atoms with Crippen LogP contribution in [0.2, 0.25) is 0 Å². The number of rotatable bonds is 6. The summed E-state index contributed by atoms with van der Waals surface area (Å²) in [6.45, 7) is 2.43. The molecule has 0 bridgehead atoms. The Labute approximate surface area is 240 Å². The number of carbonyl (C=O) groups excluding carboxylic acids is 2. The zero-order chi connectivity index (χ0) is 28.0. The van der Waals surface area contributed by atoms with Crippen LogP contribution in [0.1, 0.15) is 56.1 Å². The number of fused-ring (bicyclic) bond motifs is 1. The molecule has 2 aromatic rings. The van der Waals surface area contributed by atoms with Crippen molar-refractivity contribution in [3.63, 3.8) is 0 Å². The Bertz CT molecular complexity index is 1240. The molecule has 4 heterocycles. The van der Waals surface area contributed by atoms with Crippen LogP contribution in [0.15, 0.2) is 60.7 Å². The first-order valence-corrected chi connectivity index (χ1v) is 15.1. The van der Waals surface area contributed by atoms with Gasteiger partial charge in [-0.1, -0.05) is 67.1 Å². The highest BCUT2D eigenvalue weighted by molar-refractivity contribution is 6.07. The first-order valence-electron chi connectivity index (χ1n) is 15.1. The van der Waals surface area contributed by atoms with E-state index in [9.17, 15) is 14.7 Å². The Morgan fingerprint density at radius 2 is 1.44 bits per heavy atom. The Hall–Kier alpha value is -2.82. The molecule has 7 rings (SSSR count). The molecule has 0 aromatic heterocycles. The van der Waals surface area contributed by atoms with Gasteiger partial charge in [-0.25, -0.2) is 4.79 Å². The van der Waals surface area contributed by atoms with Crippen molar-refractivity contribution in [1.82, 2.24) is 14.7 Å². The van der Waals surface area contributed by atoms with Crippen molar-refractivity contribution in [1.29, 1.82) is 0 Å². The maximum atomic E-state index is 14.0. The number of aliphatic hydroxyl groups excluding tert-OH is 1. The zero-order valence-electron chi connectivity index (χ0n) is 23.4. The van der Waals surface area contributed by atoms with Crippen LogP contribution in [0.25, 0.3) is 0 Å². The maximum absolute atomic E-state index is 14.0. The summed E-state index contributed by atoms with van der Waals surface area (Å²) in [5.74, 6) is -0.714. The SMILES string of the molecule is O=C1N(Cc2ccccc2)C(=O)C2(CCN(C[C@H]3O[C@@H]4OC5(CCCCC5)O[C@@H]4[C@H]3O)CC2)N1Cc1ccccc1. The molecule has 0 radical (unpaired) electrons. The van der Waals surface area contributed by atoms with Crippen LogP contribution in [0.5, 0.6) is 0 Å². The summed E-state index contributed by atoms with van der Waals surface area (Å²) in [5.41, 5.74) is 1.05. The van der Waals surface area contributed by atoms with E-state index in [1.807, 2.05) is 60.7 Å². The Balaban J connectivity index is 1.03. The van der Waals surface area contributed by atoms with Crippen molar-refractivity contribution in [2.24, 2.45) is 0 Å². The Kier molecular flexibility index (Phi) is 7.11. The average Bonchev–Trinajstić information content (AvgIpc) is 3.54. The molecular weight excluding hydrogens is 522 g/mol. The standard InChI is InChI=1S/C32H39N3O6/c36-26-25(39-28-27(26)40-32(41-28)14-8-3-9-15-32)22-33-18-16-31(17-19-33)29(37)34(20-23-10-4-1-5-11-23)30(38)35(31)21-24-12-6-2-7-13-24/h1-2,4-7,10-13,25-28,36H,3,8-9,14-22H2/t25-,26+,27-,28-/m1/s1. The molecule has 9 heteroatoms. The van der Waals surface area contributed by atoms with Gasteiger partial charge in [0.1, 0.15) is 23.9 Å². The van der Waals surface area contributed by atoms with Gasteiger partial charge in [0.25, 0.3) is 5.91 Å². The van der Waals surface area contributed by atoms with E-state index in [2.05, 4.69) is 4.90 Å². The first kappa shape index (κ1) is 27.0. The van der Waals surface area contributed by atoms with E-state index in [1.54, 1.807) is 4.90 Å². The van der Waals surface area contributed by atoms with Gasteiger partial charge in [0.05, 0.1) is 6.54 Å². The molecular formula is C32H39N3O6. The number of carbonyl (C=O) groups is 2. The minimum atomic E-state index is -0.885. The molecule has 1 aliphatic carbocycles. The number of aliphatic hydroxyl groups is 1. The highest BCUT2D eigenvalue weighted by Gasteiger charge is 2.60. The maximum Gasteiger partial charge on any atom is 0.328 e. The van der Waals surface area contributed by atoms with Gasteiger partial charge in [0, 0.05) is 39.0 Å². The fourth-order valence-electron chi connectivity index (χ4n) is 7.40. The first-order chi connectivity index (χ1) is 20.0. The molecule has 2 aromatic carbocycles. The molecule has 9 nitrogen and oxygen atoms in total. The summed E-state index contributed by atoms with van der Waals surface area (Å²) in [4.78, 5) is 33.3. The van der Waals surface area contributed by atoms with E-state index in [0.29, 0.717) is 39.0 Å². The number of imide groups is 1. The third-order valence-corrected chi connectivity index (χ3v) is 9.70. The average molecular weight is 562 g/mol. The number of amides is 3. The fourth-order valence-corrected chi connectivity index (χ4v) is 7.40. The number of urea groups is 1. The number of nitrogens with zero attached hydrogens (tertiary/aromatic N) is 3. The number of hydrogen-bond acceptors (Lipinski definition) is 7. The third kappa shape index (κ3) is 4.87. The van der Waals surface area contributed by atoms with E-state index in [4.69, 9.17) is 14.2 Å². The van der Waals surface area contributed by atoms with Crippen LogP contribution in [0, 0.1) is 0 Å². The van der Waals surface area contributed by atoms with Gasteiger partial charge in [0.2, 0.25) is 0 Å². The lowest BCUT2D eigenvalue weighted by Crippen LogP contribution is -2.57. The van der Waals surface area contributed by atoms with E-state index in [-0.39, 0.29) is 18.5 Å². The van der Waals surface area contributed by atoms with E-state index in [0.717, 1.165) is 36.8 Å². The minimum Gasteiger partial charge on any atom is -0.387 e. The molecule has 4 saturated heterocycles. The molecule has 3 amide bonds. The van der Waals surface area contributed by atoms with Gasteiger partial charge in [0.15, 0.2) is 12.1 Å². The summed E-state index contributed by atoms with van der Waals surface area (Å²) in [7, 11) is 0. The van der Waals surface area contributed by atoms with Crippen molar-refractivity contribution in [2.45, 2.75) is 94.0 Å². The highest BCUT2D eigenvalue weighted by Crippen LogP contribution is 2.45. The molecule has 41 heavy (non-hydrogen) atoms. The van der Waals surface area contributed by atoms with Gasteiger partial charge in [-0.2, -0.15) is 0 Å². The molecule has 5 aliphatic rings. The minimum absolute atomic E-state index is 0.117. The second kappa shape index (κ2) is 10.8. The lowest BCUT2D eigenvalue weighted by molar-refractivity contribution is -0.247. The van der Waals surface area contributed by atoms with E-state index in [1.165, 1.54) is 11.3 Å². The Morgan fingerprint density at radius 1 is 0.805 bits per heavy atom. The highest BCUT2D eigenvalue weighted by atomic mass is 16.8. The zero-order valence-corrected chi connectivity index (χ0v) is 23.4. The normalized spacial score (nSPS) is 31.0. The second-order valence-corrected chi connectivity index (χ2v) is 12.3. The summed E-state index contributed by atoms with van der Waals surface area (Å²) in [5, 5.41) is 11.1. The van der Waals surface area contributed by atoms with Gasteiger partial charge in [-0.05, 0) is 36.8 Å². The van der Waals surface area contributed by atoms with Crippen LogP contribution >= 0.6 is 0 Å². The predicted molar refractivity (Wildman–Crippen MR) is 149 cm³/mol. The second-order valence-electron chi connectivity index (χ2n) is 12.3. The molecule has 218 valence electrons.